The molecule has 1 atom stereocenters. The summed E-state index contributed by atoms with van der Waals surface area (Å²) in [6, 6.07) is 6.78. The SMILES string of the molecule is CC1c2cnc(-c3ncccn3)nc2CCN1c1cc(OCc2ccsc2)cc(F)n1. The number of pyridine rings is 1. The van der Waals surface area contributed by atoms with Gasteiger partial charge in [0.15, 0.2) is 11.6 Å². The predicted molar refractivity (Wildman–Crippen MR) is 115 cm³/mol. The number of ether oxygens (including phenoxy) is 1. The van der Waals surface area contributed by atoms with Crippen LogP contribution in [0.2, 0.25) is 0 Å². The van der Waals surface area contributed by atoms with Crippen LogP contribution in [0.4, 0.5) is 10.2 Å². The van der Waals surface area contributed by atoms with E-state index >= 15 is 0 Å². The van der Waals surface area contributed by atoms with Gasteiger partial charge in [-0.1, -0.05) is 0 Å². The lowest BCUT2D eigenvalue weighted by atomic mass is 9.99. The summed E-state index contributed by atoms with van der Waals surface area (Å²) < 4.78 is 20.1. The Bertz CT molecular complexity index is 1190. The van der Waals surface area contributed by atoms with Crippen LogP contribution in [-0.2, 0) is 13.0 Å². The molecule has 4 aromatic rings. The molecule has 0 saturated carbocycles. The smallest absolute Gasteiger partial charge is 0.218 e. The molecule has 0 saturated heterocycles. The highest BCUT2D eigenvalue weighted by Gasteiger charge is 2.27. The van der Waals surface area contributed by atoms with Crippen molar-refractivity contribution in [1.29, 1.82) is 0 Å². The molecule has 31 heavy (non-hydrogen) atoms. The first kappa shape index (κ1) is 19.5. The van der Waals surface area contributed by atoms with Gasteiger partial charge in [-0.05, 0) is 35.4 Å². The first-order valence-corrected chi connectivity index (χ1v) is 10.8. The number of aromatic nitrogens is 5. The highest BCUT2D eigenvalue weighted by Crippen LogP contribution is 2.33. The normalized spacial score (nSPS) is 15.5. The van der Waals surface area contributed by atoms with Gasteiger partial charge in [0.1, 0.15) is 18.2 Å². The Kier molecular flexibility index (Phi) is 5.25. The van der Waals surface area contributed by atoms with Crippen molar-refractivity contribution in [2.75, 3.05) is 11.4 Å². The Balaban J connectivity index is 1.39. The van der Waals surface area contributed by atoms with Gasteiger partial charge < -0.3 is 9.64 Å². The second-order valence-corrected chi connectivity index (χ2v) is 7.97. The van der Waals surface area contributed by atoms with Gasteiger partial charge in [-0.15, -0.1) is 0 Å². The Morgan fingerprint density at radius 1 is 1.16 bits per heavy atom. The third-order valence-corrected chi connectivity index (χ3v) is 5.94. The zero-order valence-electron chi connectivity index (χ0n) is 16.8. The number of nitrogens with zero attached hydrogens (tertiary/aromatic N) is 6. The molecule has 5 heterocycles. The molecule has 0 N–H and O–H groups in total. The number of anilines is 1. The fourth-order valence-electron chi connectivity index (χ4n) is 3.63. The number of fused-ring (bicyclic) bond motifs is 1. The standard InChI is InChI=1S/C22H19FN6OS/c1-14-17-11-26-22(21-24-5-2-6-25-21)27-18(17)3-7-29(14)20-10-16(9-19(23)28-20)30-12-15-4-8-31-13-15/h2,4-6,8-11,13-14H,3,7,12H2,1H3. The van der Waals surface area contributed by atoms with E-state index in [0.717, 1.165) is 16.8 Å². The quantitative estimate of drug-likeness (QED) is 0.435. The van der Waals surface area contributed by atoms with Crippen LogP contribution in [0.25, 0.3) is 11.6 Å². The Labute approximate surface area is 182 Å². The molecule has 5 rings (SSSR count). The average molecular weight is 435 g/mol. The van der Waals surface area contributed by atoms with Crippen molar-refractivity contribution in [3.63, 3.8) is 0 Å². The van der Waals surface area contributed by atoms with Crippen LogP contribution in [0.15, 0.2) is 53.6 Å². The van der Waals surface area contributed by atoms with Gasteiger partial charge in [0.2, 0.25) is 5.95 Å². The lowest BCUT2D eigenvalue weighted by Crippen LogP contribution is -2.35. The van der Waals surface area contributed by atoms with Crippen molar-refractivity contribution < 1.29 is 9.13 Å². The Morgan fingerprint density at radius 2 is 2.03 bits per heavy atom. The van der Waals surface area contributed by atoms with E-state index in [1.807, 2.05) is 28.7 Å². The first-order valence-electron chi connectivity index (χ1n) is 9.88. The molecule has 0 spiro atoms. The molecule has 4 aromatic heterocycles. The van der Waals surface area contributed by atoms with Crippen molar-refractivity contribution in [3.8, 4) is 17.4 Å². The van der Waals surface area contributed by atoms with Gasteiger partial charge in [0, 0.05) is 49.3 Å². The van der Waals surface area contributed by atoms with E-state index in [1.165, 1.54) is 6.07 Å². The summed E-state index contributed by atoms with van der Waals surface area (Å²) in [7, 11) is 0. The van der Waals surface area contributed by atoms with Gasteiger partial charge in [-0.3, -0.25) is 0 Å². The van der Waals surface area contributed by atoms with Crippen molar-refractivity contribution in [1.82, 2.24) is 24.9 Å². The molecule has 156 valence electrons. The molecular weight excluding hydrogens is 415 g/mol. The van der Waals surface area contributed by atoms with Crippen LogP contribution in [0.5, 0.6) is 5.75 Å². The lowest BCUT2D eigenvalue weighted by molar-refractivity contribution is 0.304. The third-order valence-electron chi connectivity index (χ3n) is 5.21. The maximum absolute atomic E-state index is 14.3. The van der Waals surface area contributed by atoms with E-state index in [1.54, 1.807) is 42.1 Å². The zero-order chi connectivity index (χ0) is 21.2. The number of hydrogen-bond donors (Lipinski definition) is 0. The van der Waals surface area contributed by atoms with Gasteiger partial charge in [0.25, 0.3) is 0 Å². The maximum Gasteiger partial charge on any atom is 0.218 e. The van der Waals surface area contributed by atoms with Crippen LogP contribution in [0.3, 0.4) is 0 Å². The minimum atomic E-state index is -0.566. The summed E-state index contributed by atoms with van der Waals surface area (Å²) in [6.45, 7) is 3.09. The van der Waals surface area contributed by atoms with Gasteiger partial charge in [-0.25, -0.2) is 24.9 Å². The summed E-state index contributed by atoms with van der Waals surface area (Å²) in [5.74, 6) is 1.43. The molecule has 0 aromatic carbocycles. The molecule has 1 unspecified atom stereocenters. The molecule has 1 aliphatic heterocycles. The molecule has 0 aliphatic carbocycles. The largest absolute Gasteiger partial charge is 0.489 e. The second-order valence-electron chi connectivity index (χ2n) is 7.19. The van der Waals surface area contributed by atoms with E-state index in [-0.39, 0.29) is 6.04 Å². The average Bonchev–Trinajstić information content (AvgIpc) is 3.32. The van der Waals surface area contributed by atoms with Gasteiger partial charge >= 0.3 is 0 Å². The topological polar surface area (TPSA) is 76.9 Å². The molecule has 7 nitrogen and oxygen atoms in total. The number of hydrogen-bond acceptors (Lipinski definition) is 8. The summed E-state index contributed by atoms with van der Waals surface area (Å²) in [5, 5.41) is 4.00. The molecule has 0 radical (unpaired) electrons. The van der Waals surface area contributed by atoms with Crippen molar-refractivity contribution in [3.05, 3.63) is 76.4 Å². The van der Waals surface area contributed by atoms with Crippen molar-refractivity contribution in [2.45, 2.75) is 26.0 Å². The summed E-state index contributed by atoms with van der Waals surface area (Å²) in [5.41, 5.74) is 2.99. The molecule has 0 fully saturated rings. The van der Waals surface area contributed by atoms with Crippen LogP contribution >= 0.6 is 11.3 Å². The monoisotopic (exact) mass is 434 g/mol. The fraction of sp³-hybridized carbons (Fsp3) is 0.227. The van der Waals surface area contributed by atoms with Crippen LogP contribution < -0.4 is 9.64 Å². The first-order chi connectivity index (χ1) is 15.2. The number of thiophene rings is 1. The maximum atomic E-state index is 14.3. The van der Waals surface area contributed by atoms with Crippen molar-refractivity contribution >= 4 is 17.2 Å². The van der Waals surface area contributed by atoms with Gasteiger partial charge in [-0.2, -0.15) is 15.7 Å². The molecule has 0 bridgehead atoms. The number of halogens is 1. The van der Waals surface area contributed by atoms with E-state index < -0.39 is 5.95 Å². The van der Waals surface area contributed by atoms with Crippen LogP contribution in [0.1, 0.15) is 29.8 Å². The third kappa shape index (κ3) is 4.09. The minimum absolute atomic E-state index is 0.0616. The Hall–Kier alpha value is -3.46. The summed E-state index contributed by atoms with van der Waals surface area (Å²) in [6.07, 6.45) is 5.83. The zero-order valence-corrected chi connectivity index (χ0v) is 17.6. The highest BCUT2D eigenvalue weighted by atomic mass is 32.1. The highest BCUT2D eigenvalue weighted by molar-refractivity contribution is 7.07. The van der Waals surface area contributed by atoms with Crippen LogP contribution in [0, 0.1) is 5.95 Å². The Morgan fingerprint density at radius 3 is 2.84 bits per heavy atom. The second kappa shape index (κ2) is 8.35. The lowest BCUT2D eigenvalue weighted by Gasteiger charge is -2.35. The van der Waals surface area contributed by atoms with Gasteiger partial charge in [0.05, 0.1) is 11.7 Å². The molecule has 1 aliphatic rings. The van der Waals surface area contributed by atoms with E-state index in [2.05, 4.69) is 24.9 Å². The summed E-state index contributed by atoms with van der Waals surface area (Å²) in [4.78, 5) is 23.7. The van der Waals surface area contributed by atoms with E-state index in [9.17, 15) is 4.39 Å². The molecule has 9 heteroatoms. The minimum Gasteiger partial charge on any atom is -0.489 e. The molecule has 0 amide bonds. The van der Waals surface area contributed by atoms with E-state index in [4.69, 9.17) is 4.74 Å². The van der Waals surface area contributed by atoms with Crippen molar-refractivity contribution in [2.24, 2.45) is 0 Å². The fourth-order valence-corrected chi connectivity index (χ4v) is 4.28. The number of rotatable bonds is 5. The van der Waals surface area contributed by atoms with E-state index in [0.29, 0.717) is 42.8 Å². The predicted octanol–water partition coefficient (Wildman–Crippen LogP) is 4.23. The van der Waals surface area contributed by atoms with Crippen LogP contribution in [-0.4, -0.2) is 31.5 Å². The molecular formula is C22H19FN6OS. The summed E-state index contributed by atoms with van der Waals surface area (Å²) >= 11 is 1.60.